The third kappa shape index (κ3) is 10.7. The molecule has 0 aromatic rings. The number of carboxylic acids is 1. The van der Waals surface area contributed by atoms with Crippen molar-refractivity contribution in [2.24, 2.45) is 0 Å². The largest absolute Gasteiger partial charge is 0.477 e. The SMILES string of the molecule is CC(=O)N[C@H]1[C@H](O[C@@H]([C@@H](O)[C@H](O)CO[C@]2(C(=O)O)C[C@H](O)[C@@H](NC(=O)CO)[C@H]([C@H](O)[C@H](O)CO)O2)[C@H](CO)NC(C)=O)O[C@H](CO)[C@@H](O)[C@@H]1O. The second-order valence-corrected chi connectivity index (χ2v) is 11.8. The number of rotatable bonds is 18. The van der Waals surface area contributed by atoms with E-state index in [1.165, 1.54) is 0 Å². The van der Waals surface area contributed by atoms with Gasteiger partial charge in [0, 0.05) is 20.3 Å². The maximum absolute atomic E-state index is 12.5. The summed E-state index contributed by atoms with van der Waals surface area (Å²) in [5, 5.41) is 129. The Morgan fingerprint density at radius 3 is 2.02 bits per heavy atom. The number of carbonyl (C=O) groups is 4. The molecule has 2 saturated heterocycles. The first-order valence-electron chi connectivity index (χ1n) is 15.3. The summed E-state index contributed by atoms with van der Waals surface area (Å²) >= 11 is 0. The van der Waals surface area contributed by atoms with E-state index in [0.717, 1.165) is 13.8 Å². The Labute approximate surface area is 283 Å². The summed E-state index contributed by atoms with van der Waals surface area (Å²) < 4.78 is 21.9. The summed E-state index contributed by atoms with van der Waals surface area (Å²) in [4.78, 5) is 48.1. The highest BCUT2D eigenvalue weighted by atomic mass is 16.7. The minimum absolute atomic E-state index is 0.756. The Kier molecular flexibility index (Phi) is 16.7. The number of carbonyl (C=O) groups excluding carboxylic acids is 3. The van der Waals surface area contributed by atoms with Crippen molar-refractivity contribution in [2.45, 2.75) is 112 Å². The normalized spacial score (nSPS) is 33.6. The third-order valence-corrected chi connectivity index (χ3v) is 8.03. The van der Waals surface area contributed by atoms with Crippen molar-refractivity contribution < 1.29 is 99.4 Å². The van der Waals surface area contributed by atoms with Gasteiger partial charge in [-0.05, 0) is 0 Å². The highest BCUT2D eigenvalue weighted by Crippen LogP contribution is 2.34. The van der Waals surface area contributed by atoms with Gasteiger partial charge < -0.3 is 96.2 Å². The molecule has 2 aliphatic heterocycles. The van der Waals surface area contributed by atoms with E-state index in [-0.39, 0.29) is 0 Å². The fourth-order valence-corrected chi connectivity index (χ4v) is 5.46. The van der Waals surface area contributed by atoms with Gasteiger partial charge in [0.15, 0.2) is 6.29 Å². The molecule has 23 heteroatoms. The smallest absolute Gasteiger partial charge is 0.364 e. The number of aliphatic carboxylic acids is 1. The number of aliphatic hydroxyl groups is 11. The number of ether oxygens (including phenoxy) is 4. The molecule has 0 aromatic heterocycles. The first kappa shape index (κ1) is 43.4. The van der Waals surface area contributed by atoms with Crippen LogP contribution in [-0.4, -0.2) is 209 Å². The molecule has 0 aliphatic carbocycles. The van der Waals surface area contributed by atoms with Gasteiger partial charge >= 0.3 is 5.97 Å². The summed E-state index contributed by atoms with van der Waals surface area (Å²) in [7, 11) is 0. The Bertz CT molecular complexity index is 1140. The molecule has 0 bridgehead atoms. The monoisotopic (exact) mass is 733 g/mol. The van der Waals surface area contributed by atoms with Crippen LogP contribution in [0.15, 0.2) is 0 Å². The highest BCUT2D eigenvalue weighted by molar-refractivity contribution is 5.78. The molecule has 15 atom stereocenters. The molecule has 290 valence electrons. The van der Waals surface area contributed by atoms with Crippen LogP contribution in [0.5, 0.6) is 0 Å². The van der Waals surface area contributed by atoms with Crippen LogP contribution in [0.1, 0.15) is 20.3 Å². The average molecular weight is 734 g/mol. The first-order chi connectivity index (χ1) is 23.4. The van der Waals surface area contributed by atoms with Gasteiger partial charge in [0.1, 0.15) is 67.6 Å². The number of nitrogens with one attached hydrogen (secondary N) is 3. The van der Waals surface area contributed by atoms with E-state index in [2.05, 4.69) is 16.0 Å². The van der Waals surface area contributed by atoms with Crippen LogP contribution in [-0.2, 0) is 38.1 Å². The van der Waals surface area contributed by atoms with E-state index in [1.54, 1.807) is 0 Å². The zero-order valence-electron chi connectivity index (χ0n) is 27.0. The van der Waals surface area contributed by atoms with Crippen LogP contribution in [0.4, 0.5) is 0 Å². The summed E-state index contributed by atoms with van der Waals surface area (Å²) in [5.74, 6) is -7.60. The van der Waals surface area contributed by atoms with Crippen LogP contribution >= 0.6 is 0 Å². The molecular weight excluding hydrogens is 686 g/mol. The first-order valence-corrected chi connectivity index (χ1v) is 15.3. The maximum atomic E-state index is 12.5. The minimum Gasteiger partial charge on any atom is -0.477 e. The topological polar surface area (TPSA) is 384 Å². The van der Waals surface area contributed by atoms with E-state index < -0.39 is 154 Å². The van der Waals surface area contributed by atoms with Crippen LogP contribution in [0, 0.1) is 0 Å². The lowest BCUT2D eigenvalue weighted by Crippen LogP contribution is -2.68. The van der Waals surface area contributed by atoms with Gasteiger partial charge in [0.05, 0.1) is 44.6 Å². The second-order valence-electron chi connectivity index (χ2n) is 11.8. The highest BCUT2D eigenvalue weighted by Gasteiger charge is 2.56. The van der Waals surface area contributed by atoms with Gasteiger partial charge in [-0.2, -0.15) is 0 Å². The molecule has 2 fully saturated rings. The number of hydrogen-bond acceptors (Lipinski definition) is 19. The predicted molar refractivity (Wildman–Crippen MR) is 157 cm³/mol. The fraction of sp³-hybridized carbons (Fsp3) is 0.852. The number of amides is 3. The van der Waals surface area contributed by atoms with Gasteiger partial charge in [-0.1, -0.05) is 0 Å². The van der Waals surface area contributed by atoms with Crippen LogP contribution in [0.3, 0.4) is 0 Å². The van der Waals surface area contributed by atoms with Crippen molar-refractivity contribution >= 4 is 23.7 Å². The van der Waals surface area contributed by atoms with Crippen molar-refractivity contribution in [1.82, 2.24) is 16.0 Å². The molecule has 15 N–H and O–H groups in total. The Hall–Kier alpha value is -2.72. The van der Waals surface area contributed by atoms with Gasteiger partial charge in [-0.3, -0.25) is 14.4 Å². The zero-order chi connectivity index (χ0) is 38.1. The molecule has 0 radical (unpaired) electrons. The van der Waals surface area contributed by atoms with E-state index in [9.17, 15) is 75.3 Å². The van der Waals surface area contributed by atoms with Crippen molar-refractivity contribution in [1.29, 1.82) is 0 Å². The molecule has 0 aromatic carbocycles. The van der Waals surface area contributed by atoms with Crippen LogP contribution in [0.2, 0.25) is 0 Å². The number of hydrogen-bond donors (Lipinski definition) is 15. The van der Waals surface area contributed by atoms with E-state index in [1.807, 2.05) is 0 Å². The van der Waals surface area contributed by atoms with Crippen molar-refractivity contribution in [3.63, 3.8) is 0 Å². The van der Waals surface area contributed by atoms with E-state index >= 15 is 0 Å². The quantitative estimate of drug-likeness (QED) is 0.0621. The van der Waals surface area contributed by atoms with Gasteiger partial charge in [0.2, 0.25) is 17.7 Å². The Morgan fingerprint density at radius 2 is 1.52 bits per heavy atom. The summed E-state index contributed by atoms with van der Waals surface area (Å²) in [6.07, 6.45) is -22.6. The van der Waals surface area contributed by atoms with Crippen molar-refractivity contribution in [3.05, 3.63) is 0 Å². The molecular formula is C27H47N3O20. The summed E-state index contributed by atoms with van der Waals surface area (Å²) in [6.45, 7) is -3.21. The molecule has 23 nitrogen and oxygen atoms in total. The average Bonchev–Trinajstić information content (AvgIpc) is 3.07. The Balaban J connectivity index is 2.43. The van der Waals surface area contributed by atoms with Gasteiger partial charge in [0.25, 0.3) is 5.79 Å². The predicted octanol–water partition coefficient (Wildman–Crippen LogP) is -9.33. The lowest BCUT2D eigenvalue weighted by Gasteiger charge is -2.47. The number of aliphatic hydroxyl groups excluding tert-OH is 11. The molecule has 2 heterocycles. The zero-order valence-corrected chi connectivity index (χ0v) is 27.0. The maximum Gasteiger partial charge on any atom is 0.364 e. The van der Waals surface area contributed by atoms with E-state index in [0.29, 0.717) is 0 Å². The lowest BCUT2D eigenvalue weighted by atomic mass is 9.88. The van der Waals surface area contributed by atoms with Crippen LogP contribution in [0.25, 0.3) is 0 Å². The molecule has 0 spiro atoms. The van der Waals surface area contributed by atoms with Crippen molar-refractivity contribution in [2.75, 3.05) is 33.0 Å². The molecule has 50 heavy (non-hydrogen) atoms. The molecule has 0 unspecified atom stereocenters. The van der Waals surface area contributed by atoms with Crippen LogP contribution < -0.4 is 16.0 Å². The standard InChI is InChI=1S/C27H47N3O20/c1-9(35)28-11(4-31)23(49-25-18(29-10(2)36)22(44)21(43)15(6-33)48-25)20(42)14(39)8-47-27(26(45)46)3-12(37)17(30-16(40)7-34)24(50-27)19(41)13(38)5-32/h11-15,17-25,31-34,37-39,41-44H,3-8H2,1-2H3,(H,28,35)(H,29,36)(H,30,40)(H,45,46)/t11-,12-,13+,14+,15+,17+,18+,19+,20-,21+,22+,23+,24+,25-,27+/m0/s1. The van der Waals surface area contributed by atoms with Gasteiger partial charge in [-0.15, -0.1) is 0 Å². The minimum atomic E-state index is -2.98. The third-order valence-electron chi connectivity index (χ3n) is 8.03. The summed E-state index contributed by atoms with van der Waals surface area (Å²) in [6, 6.07) is -4.86. The molecule has 2 aliphatic rings. The fourth-order valence-electron chi connectivity index (χ4n) is 5.46. The Morgan fingerprint density at radius 1 is 0.880 bits per heavy atom. The molecule has 3 amide bonds. The molecule has 2 rings (SSSR count). The molecule has 0 saturated carbocycles. The van der Waals surface area contributed by atoms with E-state index in [4.69, 9.17) is 24.1 Å². The lowest BCUT2D eigenvalue weighted by molar-refractivity contribution is -0.320. The summed E-state index contributed by atoms with van der Waals surface area (Å²) in [5.41, 5.74) is 0. The number of carboxylic acid groups (broad SMARTS) is 1. The van der Waals surface area contributed by atoms with Gasteiger partial charge in [-0.25, -0.2) is 4.79 Å². The second kappa shape index (κ2) is 19.2. The van der Waals surface area contributed by atoms with Crippen molar-refractivity contribution in [3.8, 4) is 0 Å².